The molecule has 1 aromatic carbocycles. The fourth-order valence-corrected chi connectivity index (χ4v) is 7.97. The minimum atomic E-state index is -4.02. The van der Waals surface area contributed by atoms with Crippen LogP contribution >= 0.6 is 63.1 Å². The Hall–Kier alpha value is -2.49. The summed E-state index contributed by atoms with van der Waals surface area (Å²) in [6.07, 6.45) is -6.15. The van der Waals surface area contributed by atoms with Gasteiger partial charge in [-0.05, 0) is 43.7 Å². The molecule has 0 aromatic heterocycles. The maximum absolute atomic E-state index is 11.9. The van der Waals surface area contributed by atoms with Gasteiger partial charge in [0.05, 0.1) is 149 Å². The van der Waals surface area contributed by atoms with Gasteiger partial charge in [-0.2, -0.15) is 71.6 Å². The number of rotatable bonds is 59. The molecule has 0 saturated carbocycles. The van der Waals surface area contributed by atoms with E-state index in [2.05, 4.69) is 90.8 Å². The molecule has 1 aromatic rings. The molecular weight excluding hydrogens is 1430 g/mol. The Morgan fingerprint density at radius 1 is 0.394 bits per heavy atom. The van der Waals surface area contributed by atoms with Crippen LogP contribution in [0.4, 0.5) is 0 Å². The lowest BCUT2D eigenvalue weighted by Gasteiger charge is -2.25. The number of carbonyl (C=O) groups is 5. The Balaban J connectivity index is -0.00000160. The highest BCUT2D eigenvalue weighted by atomic mass is 32.2. The van der Waals surface area contributed by atoms with Gasteiger partial charge in [0.1, 0.15) is 80.9 Å². The first kappa shape index (κ1) is 101. The monoisotopic (exact) mass is 1550 g/mol. The summed E-state index contributed by atoms with van der Waals surface area (Å²) >= 11 is 19.8. The zero-order valence-electron chi connectivity index (χ0n) is 57.5. The van der Waals surface area contributed by atoms with E-state index in [9.17, 15) is 57.9 Å². The Bertz CT molecular complexity index is 2190. The van der Waals surface area contributed by atoms with Crippen molar-refractivity contribution in [2.75, 3.05) is 174 Å². The van der Waals surface area contributed by atoms with Crippen molar-refractivity contribution in [2.24, 2.45) is 11.8 Å². The highest BCUT2D eigenvalue weighted by Crippen LogP contribution is 2.12. The number of carboxylic acid groups (broad SMARTS) is 1. The fraction of sp³-hybridized carbons (Fsp3) is 0.823. The molecule has 0 saturated heterocycles. The molecule has 0 aliphatic heterocycles. The van der Waals surface area contributed by atoms with Gasteiger partial charge >= 0.3 is 29.8 Å². The lowest BCUT2D eigenvalue weighted by atomic mass is 10.1. The molecule has 8 unspecified atom stereocenters. The van der Waals surface area contributed by atoms with E-state index in [0.717, 1.165) is 18.4 Å². The first-order valence-corrected chi connectivity index (χ1v) is 36.8. The van der Waals surface area contributed by atoms with E-state index in [0.29, 0.717) is 36.6 Å². The predicted molar refractivity (Wildman–Crippen MR) is 378 cm³/mol. The third-order valence-corrected chi connectivity index (χ3v) is 14.1. The number of thiol groups is 5. The van der Waals surface area contributed by atoms with Crippen LogP contribution in [0.3, 0.4) is 0 Å². The van der Waals surface area contributed by atoms with Crippen LogP contribution in [0, 0.1) is 18.8 Å². The molecule has 0 heterocycles. The highest BCUT2D eigenvalue weighted by Gasteiger charge is 2.24. The Kier molecular flexibility index (Phi) is 68.5. The quantitative estimate of drug-likeness (QED) is 0.0142. The SMILES string of the molecule is CC(C)CCOCC(CO)OCC(O)COCC(COC(CO)CO)OCC(O)CO.CC(C)CCOCC(COC(=O)CCS)OCC(O)COCC(COC(COC(=O)CCS)COC(=O)CCS)OCC(CO)OC(=O)CCS.Cc1ccc(S(=O)(=O)O)cc1.O=C(O)CCS. The molecule has 0 aliphatic rings. The molecule has 0 fully saturated rings. The average molecular weight is 1550 g/mol. The maximum Gasteiger partial charge on any atom is 0.307 e. The second-order valence-electron chi connectivity index (χ2n) is 22.4. The summed E-state index contributed by atoms with van der Waals surface area (Å²) in [7, 11) is -4.02. The first-order chi connectivity index (χ1) is 47.1. The van der Waals surface area contributed by atoms with E-state index in [-0.39, 0.29) is 173 Å². The number of aliphatic hydroxyl groups excluding tert-OH is 8. The van der Waals surface area contributed by atoms with Crippen LogP contribution in [0.15, 0.2) is 29.2 Å². The van der Waals surface area contributed by atoms with Gasteiger partial charge in [0.2, 0.25) is 0 Å². The van der Waals surface area contributed by atoms with Gasteiger partial charge in [0.25, 0.3) is 10.1 Å². The number of aryl methyl sites for hydroxylation is 1. The number of ether oxygens (including phenoxy) is 14. The van der Waals surface area contributed by atoms with Crippen LogP contribution < -0.4 is 0 Å². The van der Waals surface area contributed by atoms with E-state index in [4.69, 9.17) is 91.3 Å². The number of esters is 4. The summed E-state index contributed by atoms with van der Waals surface area (Å²) < 4.78 is 106. The van der Waals surface area contributed by atoms with Crippen molar-refractivity contribution in [1.82, 2.24) is 0 Å². The lowest BCUT2D eigenvalue weighted by Crippen LogP contribution is -2.37. The van der Waals surface area contributed by atoms with Crippen molar-refractivity contribution in [1.29, 1.82) is 0 Å². The lowest BCUT2D eigenvalue weighted by molar-refractivity contribution is -0.166. The van der Waals surface area contributed by atoms with E-state index < -0.39 is 114 Å². The van der Waals surface area contributed by atoms with E-state index in [1.54, 1.807) is 12.1 Å². The molecule has 0 bridgehead atoms. The Labute approximate surface area is 610 Å². The molecule has 10 N–H and O–H groups in total. The van der Waals surface area contributed by atoms with Gasteiger partial charge in [0, 0.05) is 42.0 Å². The molecule has 1 rings (SSSR count). The number of aliphatic carboxylic acids is 1. The Morgan fingerprint density at radius 2 is 0.717 bits per heavy atom. The van der Waals surface area contributed by atoms with E-state index in [1.807, 2.05) is 6.92 Å². The van der Waals surface area contributed by atoms with E-state index in [1.165, 1.54) is 12.1 Å². The van der Waals surface area contributed by atoms with Crippen molar-refractivity contribution in [3.05, 3.63) is 29.8 Å². The van der Waals surface area contributed by atoms with Gasteiger partial charge < -0.3 is 112 Å². The smallest absolute Gasteiger partial charge is 0.307 e. The number of hydrogen-bond acceptors (Lipinski definition) is 34. The third-order valence-electron chi connectivity index (χ3n) is 12.2. The molecule has 0 amide bonds. The fourth-order valence-electron chi connectivity index (χ4n) is 6.57. The zero-order chi connectivity index (χ0) is 75.2. The number of carbonyl (C=O) groups excluding carboxylic acids is 4. The topological polar surface area (TPSA) is 451 Å². The zero-order valence-corrected chi connectivity index (χ0v) is 62.8. The minimum absolute atomic E-state index is 0.000523. The number of hydrogen-bond donors (Lipinski definition) is 15. The summed E-state index contributed by atoms with van der Waals surface area (Å²) in [5.41, 5.74) is 0.956. The van der Waals surface area contributed by atoms with Crippen LogP contribution in [0.1, 0.15) is 78.2 Å². The standard InChI is InChI=1S/C32H58O15S4.C20H42O11.C7H8O3S.C3H6O2S/c1-23(2)3-8-39-16-26(20-44-29(35)4-9-48)41-15-24(34)14-40-17-27(42-18-25(13-33)47-32(38)7-12-51)19-43-28(21-45-30(36)5-10-49)22-46-31(37)6-11-50;1-15(2)3-4-27-12-19(8-24)29-11-17(26)9-28-13-20(30-10-16(25)5-21)14-31-18(6-22)7-23;1-6-2-4-7(5-3-6)11(8,9)10;4-3(5)1-2-6/h23-28,33-34,48-51H,3-22H2,1-2H3;15-26H,3-14H2,1-2H3;2-5H,1H3,(H,8,9,10);6H,1-2H2,(H,4,5). The van der Waals surface area contributed by atoms with Gasteiger partial charge in [-0.3, -0.25) is 28.5 Å². The second kappa shape index (κ2) is 67.4. The number of benzene rings is 1. The van der Waals surface area contributed by atoms with Crippen molar-refractivity contribution in [3.8, 4) is 0 Å². The van der Waals surface area contributed by atoms with Crippen molar-refractivity contribution in [3.63, 3.8) is 0 Å². The molecule has 31 nitrogen and oxygen atoms in total. The predicted octanol–water partition coefficient (Wildman–Crippen LogP) is 0.940. The van der Waals surface area contributed by atoms with Crippen molar-refractivity contribution < 1.29 is 149 Å². The summed E-state index contributed by atoms with van der Waals surface area (Å²) in [5, 5.41) is 83.9. The van der Waals surface area contributed by atoms with Crippen LogP contribution in [0.2, 0.25) is 0 Å². The number of aliphatic hydroxyl groups is 8. The molecule has 99 heavy (non-hydrogen) atoms. The molecular formula is C62H114O31S6. The Morgan fingerprint density at radius 3 is 1.07 bits per heavy atom. The van der Waals surface area contributed by atoms with Crippen LogP contribution in [-0.4, -0.2) is 324 Å². The summed E-state index contributed by atoms with van der Waals surface area (Å²) in [6.45, 7) is 8.00. The third kappa shape index (κ3) is 64.8. The van der Waals surface area contributed by atoms with Gasteiger partial charge in [-0.15, -0.1) is 0 Å². The summed E-state index contributed by atoms with van der Waals surface area (Å²) in [5.74, 6) is -0.225. The second-order valence-corrected chi connectivity index (χ2v) is 26.1. The largest absolute Gasteiger partial charge is 0.481 e. The van der Waals surface area contributed by atoms with Crippen LogP contribution in [0.5, 0.6) is 0 Å². The van der Waals surface area contributed by atoms with Gasteiger partial charge in [-0.25, -0.2) is 0 Å². The number of carboxylic acids is 1. The molecule has 37 heteroatoms. The van der Waals surface area contributed by atoms with E-state index >= 15 is 0 Å². The summed E-state index contributed by atoms with van der Waals surface area (Å²) in [6, 6.07) is 5.99. The minimum Gasteiger partial charge on any atom is -0.481 e. The molecule has 8 atom stereocenters. The van der Waals surface area contributed by atoms with Gasteiger partial charge in [-0.1, -0.05) is 45.4 Å². The summed E-state index contributed by atoms with van der Waals surface area (Å²) in [4.78, 5) is 57.1. The van der Waals surface area contributed by atoms with Gasteiger partial charge in [0.15, 0.2) is 0 Å². The molecule has 584 valence electrons. The molecule has 0 aliphatic carbocycles. The van der Waals surface area contributed by atoms with Crippen LogP contribution in [-0.2, 0) is 100 Å². The molecule has 0 spiro atoms. The normalized spacial score (nSPS) is 13.9. The average Bonchev–Trinajstić information content (AvgIpc) is 0.903. The highest BCUT2D eigenvalue weighted by molar-refractivity contribution is 7.85. The van der Waals surface area contributed by atoms with Crippen molar-refractivity contribution >= 4 is 103 Å². The molecule has 0 radical (unpaired) electrons. The first-order valence-electron chi connectivity index (χ1n) is 32.2. The maximum atomic E-state index is 11.9. The van der Waals surface area contributed by atoms with Crippen molar-refractivity contribution in [2.45, 2.75) is 145 Å². The van der Waals surface area contributed by atoms with Crippen LogP contribution in [0.25, 0.3) is 0 Å².